The maximum atomic E-state index is 14.9. The number of hydrogen-bond donors (Lipinski definition) is 0. The van der Waals surface area contributed by atoms with Crippen LogP contribution in [0.25, 0.3) is 0 Å². The minimum atomic E-state index is -6.87. The average Bonchev–Trinajstić information content (AvgIpc) is 2.93. The average molecular weight is 825 g/mol. The molecule has 1 atom stereocenters. The van der Waals surface area contributed by atoms with Crippen molar-refractivity contribution in [2.45, 2.75) is 23.9 Å². The molecule has 3 aromatic carbocycles. The molecule has 222 valence electrons. The molecule has 1 unspecified atom stereocenters. The summed E-state index contributed by atoms with van der Waals surface area (Å²) in [6.07, 6.45) is -13.5. The summed E-state index contributed by atoms with van der Waals surface area (Å²) in [5.74, 6) is -8.18. The number of halogens is 11. The van der Waals surface area contributed by atoms with Crippen molar-refractivity contribution in [1.29, 1.82) is 5.26 Å². The Labute approximate surface area is 259 Å². The Morgan fingerprint density at radius 1 is 0.786 bits per heavy atom. The standard InChI is InChI=1S/C26H14F9I2N3O2/c1-39(21(41)15-5-2-4-14(10-15)13-38)18-7-3-6-16(11-18)22(42)40(37)20-9-8-17(12-19(20)36)23(27,25(30,31)32)24(28,29)26(33,34)35/h2-12H,1H3. The number of carbonyl (C=O) groups excluding carboxylic acids is 2. The van der Waals surface area contributed by atoms with Crippen LogP contribution in [0.3, 0.4) is 0 Å². The monoisotopic (exact) mass is 825 g/mol. The highest BCUT2D eigenvalue weighted by atomic mass is 127. The zero-order valence-electron chi connectivity index (χ0n) is 20.7. The number of amides is 2. The van der Waals surface area contributed by atoms with Crippen LogP contribution in [0, 0.1) is 14.9 Å². The summed E-state index contributed by atoms with van der Waals surface area (Å²) in [6, 6.07) is 14.1. The molecule has 0 radical (unpaired) electrons. The first-order valence-electron chi connectivity index (χ1n) is 11.2. The van der Waals surface area contributed by atoms with Crippen LogP contribution in [0.1, 0.15) is 31.8 Å². The summed E-state index contributed by atoms with van der Waals surface area (Å²) < 4.78 is 122. The van der Waals surface area contributed by atoms with Gasteiger partial charge in [0.1, 0.15) is 0 Å². The van der Waals surface area contributed by atoms with Crippen LogP contribution in [0.2, 0.25) is 0 Å². The Kier molecular flexibility index (Phi) is 9.47. The predicted octanol–water partition coefficient (Wildman–Crippen LogP) is 8.36. The highest BCUT2D eigenvalue weighted by Crippen LogP contribution is 2.58. The molecule has 0 N–H and O–H groups in total. The van der Waals surface area contributed by atoms with Crippen molar-refractivity contribution in [2.24, 2.45) is 0 Å². The van der Waals surface area contributed by atoms with Crippen molar-refractivity contribution in [2.75, 3.05) is 15.1 Å². The van der Waals surface area contributed by atoms with Crippen LogP contribution >= 0.6 is 45.5 Å². The van der Waals surface area contributed by atoms with Gasteiger partial charge in [0.05, 0.1) is 40.2 Å². The molecule has 3 aromatic rings. The normalized spacial score (nSPS) is 13.6. The number of alkyl halides is 9. The van der Waals surface area contributed by atoms with E-state index in [0.717, 1.165) is 3.11 Å². The molecule has 0 aromatic heterocycles. The van der Waals surface area contributed by atoms with E-state index in [1.54, 1.807) is 0 Å². The second-order valence-corrected chi connectivity index (χ2v) is 10.7. The largest absolute Gasteiger partial charge is 0.457 e. The van der Waals surface area contributed by atoms with Crippen molar-refractivity contribution in [3.8, 4) is 6.07 Å². The van der Waals surface area contributed by atoms with E-state index in [-0.39, 0.29) is 40.2 Å². The van der Waals surface area contributed by atoms with E-state index in [4.69, 9.17) is 5.26 Å². The van der Waals surface area contributed by atoms with E-state index < -0.39 is 44.9 Å². The van der Waals surface area contributed by atoms with Crippen LogP contribution in [-0.2, 0) is 5.67 Å². The topological polar surface area (TPSA) is 64.4 Å². The van der Waals surface area contributed by atoms with Gasteiger partial charge >= 0.3 is 23.9 Å². The van der Waals surface area contributed by atoms with E-state index in [0.29, 0.717) is 6.07 Å². The Morgan fingerprint density at radius 2 is 1.36 bits per heavy atom. The first-order chi connectivity index (χ1) is 19.3. The fraction of sp³-hybridized carbons (Fsp3) is 0.192. The maximum Gasteiger partial charge on any atom is 0.457 e. The minimum Gasteiger partial charge on any atom is -0.311 e. The van der Waals surface area contributed by atoms with E-state index in [1.165, 1.54) is 106 Å². The molecular weight excluding hydrogens is 811 g/mol. The molecule has 0 aliphatic rings. The van der Waals surface area contributed by atoms with Gasteiger partial charge in [-0.25, -0.2) is 7.50 Å². The Hall–Kier alpha value is -3.08. The van der Waals surface area contributed by atoms with Crippen molar-refractivity contribution in [3.05, 3.63) is 92.6 Å². The van der Waals surface area contributed by atoms with Gasteiger partial charge in [0.25, 0.3) is 11.8 Å². The van der Waals surface area contributed by atoms with Gasteiger partial charge in [-0.15, -0.1) is 0 Å². The van der Waals surface area contributed by atoms with E-state index in [2.05, 4.69) is 0 Å². The van der Waals surface area contributed by atoms with Gasteiger partial charge < -0.3 is 4.90 Å². The Bertz CT molecular complexity index is 1570. The Balaban J connectivity index is 1.95. The third kappa shape index (κ3) is 6.02. The number of hydrogen-bond acceptors (Lipinski definition) is 3. The number of rotatable bonds is 6. The fourth-order valence-corrected chi connectivity index (χ4v) is 5.62. The molecule has 0 fully saturated rings. The quantitative estimate of drug-likeness (QED) is 0.143. The summed E-state index contributed by atoms with van der Waals surface area (Å²) in [5.41, 5.74) is -7.78. The van der Waals surface area contributed by atoms with E-state index in [1.807, 2.05) is 6.07 Å². The lowest BCUT2D eigenvalue weighted by Crippen LogP contribution is -2.59. The predicted molar refractivity (Wildman–Crippen MR) is 150 cm³/mol. The number of nitrogens with zero attached hydrogens (tertiary/aromatic N) is 3. The zero-order valence-corrected chi connectivity index (χ0v) is 25.0. The molecule has 16 heteroatoms. The first kappa shape index (κ1) is 33.4. The molecule has 0 spiro atoms. The lowest BCUT2D eigenvalue weighted by Gasteiger charge is -2.36. The fourth-order valence-electron chi connectivity index (χ4n) is 3.70. The molecule has 0 aliphatic heterocycles. The summed E-state index contributed by atoms with van der Waals surface area (Å²) in [5, 5.41) is 9.06. The highest BCUT2D eigenvalue weighted by Gasteiger charge is 2.81. The molecule has 5 nitrogen and oxygen atoms in total. The van der Waals surface area contributed by atoms with Crippen LogP contribution < -0.4 is 8.01 Å². The molecule has 0 saturated carbocycles. The van der Waals surface area contributed by atoms with Crippen LogP contribution in [0.4, 0.5) is 50.9 Å². The van der Waals surface area contributed by atoms with Gasteiger partial charge in [0.15, 0.2) is 0 Å². The van der Waals surface area contributed by atoms with Crippen molar-refractivity contribution in [1.82, 2.24) is 0 Å². The third-order valence-electron chi connectivity index (χ3n) is 5.94. The molecule has 0 aliphatic carbocycles. The van der Waals surface area contributed by atoms with Gasteiger partial charge in [-0.3, -0.25) is 9.59 Å². The lowest BCUT2D eigenvalue weighted by atomic mass is 9.87. The minimum absolute atomic E-state index is 0.0501. The summed E-state index contributed by atoms with van der Waals surface area (Å²) in [7, 11) is 1.40. The van der Waals surface area contributed by atoms with Gasteiger partial charge in [-0.1, -0.05) is 18.2 Å². The summed E-state index contributed by atoms with van der Waals surface area (Å²) in [4.78, 5) is 27.3. The first-order valence-corrected chi connectivity index (χ1v) is 13.2. The third-order valence-corrected chi connectivity index (χ3v) is 7.76. The van der Waals surface area contributed by atoms with Crippen molar-refractivity contribution < 1.29 is 49.1 Å². The zero-order chi connectivity index (χ0) is 31.8. The van der Waals surface area contributed by atoms with Gasteiger partial charge in [-0.2, -0.15) is 40.4 Å². The van der Waals surface area contributed by atoms with Gasteiger partial charge in [0.2, 0.25) is 0 Å². The highest BCUT2D eigenvalue weighted by molar-refractivity contribution is 14.1. The van der Waals surface area contributed by atoms with Gasteiger partial charge in [0, 0.05) is 33.0 Å². The summed E-state index contributed by atoms with van der Waals surface area (Å²) >= 11 is 2.70. The molecule has 42 heavy (non-hydrogen) atoms. The second kappa shape index (κ2) is 11.9. The number of anilines is 2. The molecular formula is C26H14F9I2N3O2. The number of carbonyl (C=O) groups is 2. The smallest absolute Gasteiger partial charge is 0.311 e. The molecule has 3 rings (SSSR count). The van der Waals surface area contributed by atoms with Gasteiger partial charge in [-0.05, 0) is 71.1 Å². The SMILES string of the molecule is CN(C(=O)c1cccc(C#N)c1)c1cccc(C(=O)N(I)c2ccc(C(F)(C(F)(F)F)C(F)(F)C(F)(F)F)cc2I)c1. The van der Waals surface area contributed by atoms with E-state index in [9.17, 15) is 49.1 Å². The maximum absolute atomic E-state index is 14.9. The van der Waals surface area contributed by atoms with Crippen molar-refractivity contribution in [3.63, 3.8) is 0 Å². The van der Waals surface area contributed by atoms with E-state index >= 15 is 0 Å². The Morgan fingerprint density at radius 3 is 1.88 bits per heavy atom. The van der Waals surface area contributed by atoms with Crippen molar-refractivity contribution >= 4 is 68.6 Å². The summed E-state index contributed by atoms with van der Waals surface area (Å²) in [6.45, 7) is 0. The lowest BCUT2D eigenvalue weighted by molar-refractivity contribution is -0.389. The molecule has 0 saturated heterocycles. The second-order valence-electron chi connectivity index (χ2n) is 8.59. The molecule has 0 bridgehead atoms. The van der Waals surface area contributed by atoms with Crippen LogP contribution in [-0.4, -0.2) is 37.1 Å². The van der Waals surface area contributed by atoms with Crippen LogP contribution in [0.15, 0.2) is 66.7 Å². The van der Waals surface area contributed by atoms with Crippen LogP contribution in [0.5, 0.6) is 0 Å². The molecule has 0 heterocycles. The number of nitriles is 1. The molecule has 2 amide bonds. The number of benzene rings is 3.